The van der Waals surface area contributed by atoms with E-state index in [1.165, 1.54) is 32.9 Å². The zero-order valence-corrected chi connectivity index (χ0v) is 15.0. The van der Waals surface area contributed by atoms with Crippen LogP contribution in [-0.2, 0) is 9.59 Å². The Morgan fingerprint density at radius 3 is 2.26 bits per heavy atom. The first kappa shape index (κ1) is 20.0. The van der Waals surface area contributed by atoms with Gasteiger partial charge in [0.15, 0.2) is 5.54 Å². The van der Waals surface area contributed by atoms with Crippen LogP contribution in [0.2, 0.25) is 0 Å². The van der Waals surface area contributed by atoms with E-state index in [4.69, 9.17) is 5.73 Å². The molecule has 3 amide bonds. The number of hydrogen-bond donors (Lipinski definition) is 2. The second-order valence-corrected chi connectivity index (χ2v) is 7.28. The maximum atomic E-state index is 13.0. The molecule has 1 heterocycles. The van der Waals surface area contributed by atoms with Crippen molar-refractivity contribution >= 4 is 29.4 Å². The lowest BCUT2D eigenvalue weighted by atomic mass is 9.69. The molecule has 0 aliphatic carbocycles. The molecule has 0 saturated carbocycles. The van der Waals surface area contributed by atoms with Gasteiger partial charge in [-0.15, -0.1) is 0 Å². The molecular formula is C17H19N3O7. The highest BCUT2D eigenvalue weighted by Gasteiger charge is 2.60. The summed E-state index contributed by atoms with van der Waals surface area (Å²) in [6.07, 6.45) is -0.806. The van der Waals surface area contributed by atoms with Crippen molar-refractivity contribution in [3.63, 3.8) is 0 Å². The molecule has 0 fully saturated rings. The molecular weight excluding hydrogens is 358 g/mol. The van der Waals surface area contributed by atoms with Crippen LogP contribution in [0.4, 0.5) is 5.69 Å². The van der Waals surface area contributed by atoms with Gasteiger partial charge < -0.3 is 10.8 Å². The Labute approximate surface area is 154 Å². The lowest BCUT2D eigenvalue weighted by molar-refractivity contribution is -0.385. The molecule has 3 N–H and O–H groups in total. The normalized spacial score (nSPS) is 16.0. The van der Waals surface area contributed by atoms with Gasteiger partial charge in [0.1, 0.15) is 5.56 Å². The molecule has 0 aromatic heterocycles. The number of carboxylic acids is 1. The summed E-state index contributed by atoms with van der Waals surface area (Å²) in [6, 6.07) is 3.54. The van der Waals surface area contributed by atoms with Crippen LogP contribution in [0.5, 0.6) is 0 Å². The van der Waals surface area contributed by atoms with Crippen molar-refractivity contribution in [2.24, 2.45) is 11.1 Å². The van der Waals surface area contributed by atoms with Crippen LogP contribution in [0, 0.1) is 15.5 Å². The molecule has 0 radical (unpaired) electrons. The van der Waals surface area contributed by atoms with Crippen LogP contribution in [0.25, 0.3) is 0 Å². The number of primary amides is 1. The molecule has 27 heavy (non-hydrogen) atoms. The van der Waals surface area contributed by atoms with Crippen LogP contribution in [-0.4, -0.2) is 44.2 Å². The minimum Gasteiger partial charge on any atom is -0.479 e. The van der Waals surface area contributed by atoms with Gasteiger partial charge in [-0.1, -0.05) is 26.8 Å². The Balaban J connectivity index is 2.74. The van der Waals surface area contributed by atoms with Crippen LogP contribution in [0.15, 0.2) is 18.2 Å². The summed E-state index contributed by atoms with van der Waals surface area (Å²) < 4.78 is 0. The molecule has 1 atom stereocenters. The number of nitrogens with two attached hydrogens (primary N) is 1. The van der Waals surface area contributed by atoms with Crippen LogP contribution < -0.4 is 5.73 Å². The molecule has 10 nitrogen and oxygen atoms in total. The quantitative estimate of drug-likeness (QED) is 0.429. The number of benzene rings is 1. The predicted octanol–water partition coefficient (Wildman–Crippen LogP) is 1.33. The van der Waals surface area contributed by atoms with Crippen molar-refractivity contribution in [3.8, 4) is 0 Å². The third kappa shape index (κ3) is 2.92. The van der Waals surface area contributed by atoms with E-state index < -0.39 is 57.2 Å². The number of aliphatic carboxylic acids is 1. The number of hydrogen-bond acceptors (Lipinski definition) is 6. The van der Waals surface area contributed by atoms with E-state index in [2.05, 4.69) is 0 Å². The first-order chi connectivity index (χ1) is 12.4. The van der Waals surface area contributed by atoms with Gasteiger partial charge >= 0.3 is 5.97 Å². The highest BCUT2D eigenvalue weighted by Crippen LogP contribution is 2.45. The van der Waals surface area contributed by atoms with Gasteiger partial charge in [-0.3, -0.25) is 29.4 Å². The summed E-state index contributed by atoms with van der Waals surface area (Å²) in [5.74, 6) is -4.34. The van der Waals surface area contributed by atoms with Gasteiger partial charge in [-0.25, -0.2) is 4.79 Å². The monoisotopic (exact) mass is 377 g/mol. The second-order valence-electron chi connectivity index (χ2n) is 7.28. The molecule has 1 aromatic rings. The highest BCUT2D eigenvalue weighted by molar-refractivity contribution is 6.25. The molecule has 0 spiro atoms. The van der Waals surface area contributed by atoms with Crippen molar-refractivity contribution in [2.45, 2.75) is 39.2 Å². The standard InChI is InChI=1S/C17H19N3O7/c1-16(2,3)17(15(24)25,8-7-11(18)21)19-13(22)9-5-4-6-10(20(26)27)12(9)14(19)23/h4-6H,7-8H2,1-3H3,(H2,18,21)(H,24,25)/t17-/m0/s1. The summed E-state index contributed by atoms with van der Waals surface area (Å²) in [6.45, 7) is 4.50. The predicted molar refractivity (Wildman–Crippen MR) is 91.8 cm³/mol. The van der Waals surface area contributed by atoms with Crippen LogP contribution >= 0.6 is 0 Å². The molecule has 1 aliphatic heterocycles. The number of imide groups is 1. The lowest BCUT2D eigenvalue weighted by Crippen LogP contribution is -2.64. The SMILES string of the molecule is CC(C)(C)[C@](CCC(N)=O)(C(=O)O)N1C(=O)c2cccc([N+](=O)[O-])c2C1=O. The molecule has 1 aliphatic rings. The highest BCUT2D eigenvalue weighted by atomic mass is 16.6. The Kier molecular flexibility index (Phi) is 4.78. The van der Waals surface area contributed by atoms with Gasteiger partial charge in [0.2, 0.25) is 5.91 Å². The number of amides is 3. The van der Waals surface area contributed by atoms with E-state index in [-0.39, 0.29) is 12.0 Å². The number of nitro groups is 1. The van der Waals surface area contributed by atoms with Crippen molar-refractivity contribution in [3.05, 3.63) is 39.4 Å². The largest absolute Gasteiger partial charge is 0.479 e. The van der Waals surface area contributed by atoms with Crippen molar-refractivity contribution in [1.82, 2.24) is 4.90 Å². The number of nitro benzene ring substituents is 1. The molecule has 10 heteroatoms. The Bertz CT molecular complexity index is 872. The minimum atomic E-state index is -2.12. The third-order valence-electron chi connectivity index (χ3n) is 4.80. The topological polar surface area (TPSA) is 161 Å². The average Bonchev–Trinajstić information content (AvgIpc) is 2.79. The van der Waals surface area contributed by atoms with Gasteiger partial charge in [-0.2, -0.15) is 0 Å². The van der Waals surface area contributed by atoms with Gasteiger partial charge in [0.05, 0.1) is 10.5 Å². The van der Waals surface area contributed by atoms with Crippen molar-refractivity contribution in [1.29, 1.82) is 0 Å². The molecule has 0 saturated heterocycles. The van der Waals surface area contributed by atoms with Crippen LogP contribution in [0.1, 0.15) is 54.3 Å². The molecule has 0 bridgehead atoms. The Morgan fingerprint density at radius 2 is 1.81 bits per heavy atom. The zero-order valence-electron chi connectivity index (χ0n) is 15.0. The van der Waals surface area contributed by atoms with E-state index in [1.54, 1.807) is 0 Å². The summed E-state index contributed by atoms with van der Waals surface area (Å²) in [5.41, 5.74) is 0.539. The van der Waals surface area contributed by atoms with E-state index in [0.717, 1.165) is 6.07 Å². The van der Waals surface area contributed by atoms with E-state index >= 15 is 0 Å². The maximum absolute atomic E-state index is 13.0. The van der Waals surface area contributed by atoms with Gasteiger partial charge in [0, 0.05) is 12.5 Å². The van der Waals surface area contributed by atoms with Crippen LogP contribution in [0.3, 0.4) is 0 Å². The van der Waals surface area contributed by atoms with Gasteiger partial charge in [-0.05, 0) is 17.9 Å². The first-order valence-corrected chi connectivity index (χ1v) is 8.04. The third-order valence-corrected chi connectivity index (χ3v) is 4.80. The number of carbonyl (C=O) groups is 4. The fourth-order valence-corrected chi connectivity index (χ4v) is 3.42. The Hall–Kier alpha value is -3.30. The van der Waals surface area contributed by atoms with Crippen molar-refractivity contribution < 1.29 is 29.2 Å². The number of fused-ring (bicyclic) bond motifs is 1. The Morgan fingerprint density at radius 1 is 1.22 bits per heavy atom. The molecule has 0 unspecified atom stereocenters. The number of nitrogens with zero attached hydrogens (tertiary/aromatic N) is 2. The lowest BCUT2D eigenvalue weighted by Gasteiger charge is -2.46. The smallest absolute Gasteiger partial charge is 0.330 e. The van der Waals surface area contributed by atoms with Crippen molar-refractivity contribution in [2.75, 3.05) is 0 Å². The maximum Gasteiger partial charge on any atom is 0.330 e. The molecule has 144 valence electrons. The summed E-state index contributed by atoms with van der Waals surface area (Å²) in [4.78, 5) is 60.5. The molecule has 2 rings (SSSR count). The average molecular weight is 377 g/mol. The summed E-state index contributed by atoms with van der Waals surface area (Å²) >= 11 is 0. The van der Waals surface area contributed by atoms with E-state index in [0.29, 0.717) is 4.90 Å². The number of carboxylic acid groups (broad SMARTS) is 1. The summed E-state index contributed by atoms with van der Waals surface area (Å²) in [7, 11) is 0. The molecule has 1 aromatic carbocycles. The zero-order chi connectivity index (χ0) is 20.7. The van der Waals surface area contributed by atoms with Gasteiger partial charge in [0.25, 0.3) is 17.5 Å². The number of carbonyl (C=O) groups excluding carboxylic acids is 3. The first-order valence-electron chi connectivity index (χ1n) is 8.04. The van der Waals surface area contributed by atoms with E-state index in [9.17, 15) is 34.4 Å². The minimum absolute atomic E-state index is 0.247. The second kappa shape index (κ2) is 6.45. The van der Waals surface area contributed by atoms with E-state index in [1.807, 2.05) is 0 Å². The number of rotatable bonds is 6. The fraction of sp³-hybridized carbons (Fsp3) is 0.412. The fourth-order valence-electron chi connectivity index (χ4n) is 3.42. The summed E-state index contributed by atoms with van der Waals surface area (Å²) in [5, 5.41) is 21.3.